The molecule has 0 saturated heterocycles. The highest BCUT2D eigenvalue weighted by molar-refractivity contribution is 7.97. The number of rotatable bonds is 26. The summed E-state index contributed by atoms with van der Waals surface area (Å²) < 4.78 is 55.7. The van der Waals surface area contributed by atoms with Crippen LogP contribution in [0, 0.1) is 18.6 Å². The lowest BCUT2D eigenvalue weighted by atomic mass is 10.1. The first-order valence-electron chi connectivity index (χ1n) is 18.2. The maximum absolute atomic E-state index is 15.1. The van der Waals surface area contributed by atoms with E-state index in [-0.39, 0.29) is 28.9 Å². The summed E-state index contributed by atoms with van der Waals surface area (Å²) in [6.07, 6.45) is 1.93. The zero-order chi connectivity index (χ0) is 39.4. The van der Waals surface area contributed by atoms with E-state index in [1.165, 1.54) is 18.0 Å². The Bertz CT molecular complexity index is 1800. The number of hydrogen-bond acceptors (Lipinski definition) is 13. The number of hydrogen-bond donors (Lipinski definition) is 3. The molecule has 0 aliphatic heterocycles. The van der Waals surface area contributed by atoms with Gasteiger partial charge in [0.25, 0.3) is 0 Å². The van der Waals surface area contributed by atoms with E-state index >= 15 is 4.39 Å². The van der Waals surface area contributed by atoms with E-state index in [0.717, 1.165) is 28.6 Å². The van der Waals surface area contributed by atoms with E-state index < -0.39 is 11.6 Å². The van der Waals surface area contributed by atoms with Crippen molar-refractivity contribution in [1.82, 2.24) is 14.7 Å². The summed E-state index contributed by atoms with van der Waals surface area (Å²) in [5.41, 5.74) is 4.13. The summed E-state index contributed by atoms with van der Waals surface area (Å²) in [7, 11) is 0. The van der Waals surface area contributed by atoms with Gasteiger partial charge in [-0.25, -0.2) is 18.7 Å². The molecule has 1 aromatic heterocycles. The van der Waals surface area contributed by atoms with Crippen LogP contribution in [0.2, 0.25) is 0 Å². The van der Waals surface area contributed by atoms with E-state index in [9.17, 15) is 9.18 Å². The zero-order valence-electron chi connectivity index (χ0n) is 31.9. The van der Waals surface area contributed by atoms with Crippen molar-refractivity contribution in [3.05, 3.63) is 83.6 Å². The van der Waals surface area contributed by atoms with E-state index in [1.54, 1.807) is 12.1 Å². The van der Waals surface area contributed by atoms with Gasteiger partial charge in [-0.1, -0.05) is 12.1 Å². The van der Waals surface area contributed by atoms with Gasteiger partial charge in [-0.2, -0.15) is 0 Å². The number of benzene rings is 3. The smallest absolute Gasteiger partial charge is 0.227 e. The third kappa shape index (κ3) is 13.6. The molecular formula is C40H51F2N7O5S. The second-order valence-corrected chi connectivity index (χ2v) is 13.4. The fourth-order valence-electron chi connectivity index (χ4n) is 5.52. The van der Waals surface area contributed by atoms with Gasteiger partial charge in [0.1, 0.15) is 17.7 Å². The molecule has 0 amide bonds. The molecule has 15 heteroatoms. The van der Waals surface area contributed by atoms with Crippen LogP contribution in [0.3, 0.4) is 0 Å². The number of aldehydes is 1. The van der Waals surface area contributed by atoms with Crippen LogP contribution in [0.1, 0.15) is 36.7 Å². The van der Waals surface area contributed by atoms with E-state index in [0.29, 0.717) is 89.4 Å². The Kier molecular flexibility index (Phi) is 18.4. The molecule has 0 unspecified atom stereocenters. The highest BCUT2D eigenvalue weighted by atomic mass is 32.2. The molecule has 3 N–H and O–H groups in total. The SMILES string of the molecule is C=Nc1c(F)cc(-c2nc(Nc3ccc(SNCCOCCOCCOCCOCCNc4cccc(C=O)c4C)cc3)ncc2F)cc1N(CC)C(C)C. The van der Waals surface area contributed by atoms with Crippen LogP contribution in [0.15, 0.2) is 70.7 Å². The van der Waals surface area contributed by atoms with Gasteiger partial charge in [0, 0.05) is 53.1 Å². The first-order chi connectivity index (χ1) is 26.7. The van der Waals surface area contributed by atoms with E-state index in [4.69, 9.17) is 18.9 Å². The number of anilines is 4. The van der Waals surface area contributed by atoms with Crippen molar-refractivity contribution in [1.29, 1.82) is 0 Å². The number of carbonyl (C=O) groups is 1. The molecule has 296 valence electrons. The van der Waals surface area contributed by atoms with Crippen LogP contribution in [0.4, 0.5) is 37.5 Å². The number of ether oxygens (including phenoxy) is 4. The third-order valence-corrected chi connectivity index (χ3v) is 9.18. The number of aromatic nitrogens is 2. The van der Waals surface area contributed by atoms with Crippen LogP contribution >= 0.6 is 11.9 Å². The zero-order valence-corrected chi connectivity index (χ0v) is 32.7. The lowest BCUT2D eigenvalue weighted by Gasteiger charge is -2.29. The molecule has 55 heavy (non-hydrogen) atoms. The Morgan fingerprint density at radius 2 is 1.56 bits per heavy atom. The number of halogens is 2. The van der Waals surface area contributed by atoms with Crippen molar-refractivity contribution in [3.8, 4) is 11.3 Å². The molecule has 0 atom stereocenters. The predicted octanol–water partition coefficient (Wildman–Crippen LogP) is 7.63. The normalized spacial score (nSPS) is 11.2. The lowest BCUT2D eigenvalue weighted by molar-refractivity contribution is -0.0000909. The van der Waals surface area contributed by atoms with Crippen LogP contribution in [0.25, 0.3) is 11.3 Å². The molecule has 0 saturated carbocycles. The Morgan fingerprint density at radius 1 is 0.909 bits per heavy atom. The molecule has 3 aromatic carbocycles. The second kappa shape index (κ2) is 23.4. The van der Waals surface area contributed by atoms with Gasteiger partial charge in [0.2, 0.25) is 5.95 Å². The Labute approximate surface area is 326 Å². The predicted molar refractivity (Wildman–Crippen MR) is 217 cm³/mol. The maximum atomic E-state index is 15.1. The summed E-state index contributed by atoms with van der Waals surface area (Å²) >= 11 is 1.47. The van der Waals surface area contributed by atoms with Gasteiger partial charge in [0.05, 0.1) is 64.7 Å². The molecule has 0 fully saturated rings. The van der Waals surface area contributed by atoms with Gasteiger partial charge >= 0.3 is 0 Å². The fraction of sp³-hybridized carbons (Fsp3) is 0.400. The largest absolute Gasteiger partial charge is 0.382 e. The van der Waals surface area contributed by atoms with Crippen molar-refractivity contribution >= 4 is 53.6 Å². The summed E-state index contributed by atoms with van der Waals surface area (Å²) in [6.45, 7) is 17.2. The Balaban J connectivity index is 1.06. The summed E-state index contributed by atoms with van der Waals surface area (Å²) in [4.78, 5) is 26.4. The van der Waals surface area contributed by atoms with Crippen molar-refractivity contribution in [2.45, 2.75) is 38.6 Å². The first kappa shape index (κ1) is 43.2. The van der Waals surface area contributed by atoms with Crippen molar-refractivity contribution < 1.29 is 32.5 Å². The lowest BCUT2D eigenvalue weighted by Crippen LogP contribution is -2.30. The van der Waals surface area contributed by atoms with Crippen molar-refractivity contribution in [2.24, 2.45) is 4.99 Å². The van der Waals surface area contributed by atoms with Crippen LogP contribution in [-0.4, -0.2) is 102 Å². The van der Waals surface area contributed by atoms with Crippen LogP contribution in [0.5, 0.6) is 0 Å². The van der Waals surface area contributed by atoms with Crippen molar-refractivity contribution in [3.63, 3.8) is 0 Å². The topological polar surface area (TPSA) is 131 Å². The van der Waals surface area contributed by atoms with Crippen molar-refractivity contribution in [2.75, 3.05) is 88.0 Å². The molecule has 0 aliphatic rings. The third-order valence-electron chi connectivity index (χ3n) is 8.32. The average Bonchev–Trinajstić information content (AvgIpc) is 3.18. The fourth-order valence-corrected chi connectivity index (χ4v) is 6.14. The molecule has 4 rings (SSSR count). The molecular weight excluding hydrogens is 729 g/mol. The number of aliphatic imine (C=N–C) groups is 1. The van der Waals surface area contributed by atoms with E-state index in [2.05, 4.69) is 37.0 Å². The summed E-state index contributed by atoms with van der Waals surface area (Å²) in [6, 6.07) is 16.1. The number of carbonyl (C=O) groups excluding carboxylic acids is 1. The van der Waals surface area contributed by atoms with Gasteiger partial charge in [-0.05, 0) is 94.4 Å². The Morgan fingerprint density at radius 3 is 2.18 bits per heavy atom. The molecule has 0 bridgehead atoms. The molecule has 12 nitrogen and oxygen atoms in total. The number of nitrogens with one attached hydrogen (secondary N) is 3. The molecule has 0 spiro atoms. The van der Waals surface area contributed by atoms with Crippen LogP contribution < -0.4 is 20.3 Å². The standard InChI is InChI=1S/C40H51F2N7O5S/c1-6-49(28(2)3)37-25-31(24-34(41)39(37)43-5)38-35(42)26-45-40(48-38)47-32-10-12-33(13-11-32)55-46-15-17-52-19-21-54-23-22-53-20-18-51-16-14-44-36-9-7-8-30(27-50)29(36)4/h7-13,24-28,44,46H,5-6,14-23H2,1-4H3,(H,45,47,48). The monoisotopic (exact) mass is 779 g/mol. The molecule has 1 heterocycles. The summed E-state index contributed by atoms with van der Waals surface area (Å²) in [5, 5.41) is 6.38. The van der Waals surface area contributed by atoms with Gasteiger partial charge in [0.15, 0.2) is 11.6 Å². The van der Waals surface area contributed by atoms with Gasteiger partial charge < -0.3 is 34.5 Å². The minimum absolute atomic E-state index is 0.0265. The van der Waals surface area contributed by atoms with Crippen LogP contribution in [-0.2, 0) is 18.9 Å². The van der Waals surface area contributed by atoms with E-state index in [1.807, 2.05) is 69.0 Å². The highest BCUT2D eigenvalue weighted by Gasteiger charge is 2.20. The average molecular weight is 780 g/mol. The minimum Gasteiger partial charge on any atom is -0.382 e. The Hall–Kier alpha value is -4.51. The summed E-state index contributed by atoms with van der Waals surface area (Å²) in [5.74, 6) is -1.10. The van der Waals surface area contributed by atoms with Gasteiger partial charge in [-0.15, -0.1) is 0 Å². The molecule has 0 radical (unpaired) electrons. The highest BCUT2D eigenvalue weighted by Crippen LogP contribution is 2.37. The quantitative estimate of drug-likeness (QED) is 0.0251. The first-order valence-corrected chi connectivity index (χ1v) is 19.0. The van der Waals surface area contributed by atoms with Gasteiger partial charge in [-0.3, -0.25) is 14.5 Å². The molecule has 0 aliphatic carbocycles. The second-order valence-electron chi connectivity index (χ2n) is 12.4. The number of nitrogens with zero attached hydrogens (tertiary/aromatic N) is 4. The molecule has 4 aromatic rings. The maximum Gasteiger partial charge on any atom is 0.227 e. The minimum atomic E-state index is -0.669.